The second-order valence-electron chi connectivity index (χ2n) is 5.83. The molecule has 0 unspecified atom stereocenters. The van der Waals surface area contributed by atoms with Crippen LogP contribution in [0.4, 0.5) is 10.5 Å². The van der Waals surface area contributed by atoms with Crippen molar-refractivity contribution in [2.45, 2.75) is 32.6 Å². The standard InChI is InChI=1S/C16H22N2O3/c1-11(2)12-5-7-14(8-6-12)17-16(21)18-9-3-4-13(10-18)15(19)20/h5-8,11,13H,3-4,9-10H2,1-2H3,(H,17,21)(H,19,20)/t13-/m1/s1. The van der Waals surface area contributed by atoms with Crippen LogP contribution in [0.15, 0.2) is 24.3 Å². The summed E-state index contributed by atoms with van der Waals surface area (Å²) < 4.78 is 0. The van der Waals surface area contributed by atoms with Crippen molar-refractivity contribution in [3.05, 3.63) is 29.8 Å². The number of urea groups is 1. The summed E-state index contributed by atoms with van der Waals surface area (Å²) in [5.41, 5.74) is 1.96. The number of carboxylic acid groups (broad SMARTS) is 1. The molecule has 0 aliphatic carbocycles. The van der Waals surface area contributed by atoms with Crippen molar-refractivity contribution >= 4 is 17.7 Å². The minimum atomic E-state index is -0.825. The highest BCUT2D eigenvalue weighted by molar-refractivity contribution is 5.89. The van der Waals surface area contributed by atoms with Gasteiger partial charge in [-0.25, -0.2) is 4.79 Å². The van der Waals surface area contributed by atoms with Gasteiger partial charge in [0.05, 0.1) is 5.92 Å². The number of likely N-dealkylation sites (tertiary alicyclic amines) is 1. The summed E-state index contributed by atoms with van der Waals surface area (Å²) in [4.78, 5) is 24.8. The number of piperidine rings is 1. The highest BCUT2D eigenvalue weighted by Crippen LogP contribution is 2.20. The number of nitrogens with zero attached hydrogens (tertiary/aromatic N) is 1. The van der Waals surface area contributed by atoms with E-state index in [0.29, 0.717) is 18.9 Å². The molecule has 114 valence electrons. The molecule has 21 heavy (non-hydrogen) atoms. The third-order valence-corrected chi connectivity index (χ3v) is 3.89. The lowest BCUT2D eigenvalue weighted by atomic mass is 9.99. The Labute approximate surface area is 125 Å². The third-order valence-electron chi connectivity index (χ3n) is 3.89. The van der Waals surface area contributed by atoms with Crippen LogP contribution < -0.4 is 5.32 Å². The molecule has 5 heteroatoms. The summed E-state index contributed by atoms with van der Waals surface area (Å²) in [5.74, 6) is -0.824. The Hall–Kier alpha value is -2.04. The van der Waals surface area contributed by atoms with Crippen LogP contribution in [0.25, 0.3) is 0 Å². The Morgan fingerprint density at radius 1 is 1.29 bits per heavy atom. The fourth-order valence-corrected chi connectivity index (χ4v) is 2.52. The lowest BCUT2D eigenvalue weighted by molar-refractivity contribution is -0.143. The van der Waals surface area contributed by atoms with Crippen molar-refractivity contribution in [3.8, 4) is 0 Å². The molecule has 1 heterocycles. The Bertz CT molecular complexity index is 511. The van der Waals surface area contributed by atoms with E-state index < -0.39 is 11.9 Å². The van der Waals surface area contributed by atoms with Crippen LogP contribution in [0.1, 0.15) is 38.2 Å². The number of carbonyl (C=O) groups is 2. The largest absolute Gasteiger partial charge is 0.481 e. The first-order valence-electron chi connectivity index (χ1n) is 7.36. The maximum atomic E-state index is 12.2. The van der Waals surface area contributed by atoms with E-state index >= 15 is 0 Å². The Morgan fingerprint density at radius 3 is 2.52 bits per heavy atom. The van der Waals surface area contributed by atoms with E-state index in [9.17, 15) is 9.59 Å². The summed E-state index contributed by atoms with van der Waals surface area (Å²) in [7, 11) is 0. The number of hydrogen-bond acceptors (Lipinski definition) is 2. The van der Waals surface area contributed by atoms with E-state index in [1.807, 2.05) is 24.3 Å². The lowest BCUT2D eigenvalue weighted by Crippen LogP contribution is -2.44. The Kier molecular flexibility index (Phi) is 4.83. The van der Waals surface area contributed by atoms with Crippen LogP contribution in [0.2, 0.25) is 0 Å². The highest BCUT2D eigenvalue weighted by atomic mass is 16.4. The second kappa shape index (κ2) is 6.61. The molecule has 5 nitrogen and oxygen atoms in total. The smallest absolute Gasteiger partial charge is 0.321 e. The summed E-state index contributed by atoms with van der Waals surface area (Å²) in [5, 5.41) is 11.9. The number of rotatable bonds is 3. The zero-order chi connectivity index (χ0) is 15.4. The van der Waals surface area contributed by atoms with E-state index in [0.717, 1.165) is 12.1 Å². The maximum Gasteiger partial charge on any atom is 0.321 e. The van der Waals surface area contributed by atoms with Gasteiger partial charge in [-0.3, -0.25) is 4.79 Å². The van der Waals surface area contributed by atoms with E-state index in [1.54, 1.807) is 4.90 Å². The summed E-state index contributed by atoms with van der Waals surface area (Å²) in [6, 6.07) is 7.53. The maximum absolute atomic E-state index is 12.2. The van der Waals surface area contributed by atoms with Gasteiger partial charge in [-0.1, -0.05) is 26.0 Å². The fourth-order valence-electron chi connectivity index (χ4n) is 2.52. The van der Waals surface area contributed by atoms with Crippen LogP contribution in [0, 0.1) is 5.92 Å². The van der Waals surface area contributed by atoms with Crippen LogP contribution >= 0.6 is 0 Å². The summed E-state index contributed by atoms with van der Waals surface area (Å²) in [6.45, 7) is 5.13. The molecule has 1 aliphatic heterocycles. The summed E-state index contributed by atoms with van der Waals surface area (Å²) >= 11 is 0. The number of hydrogen-bond donors (Lipinski definition) is 2. The van der Waals surface area contributed by atoms with Gasteiger partial charge in [0.25, 0.3) is 0 Å². The monoisotopic (exact) mass is 290 g/mol. The van der Waals surface area contributed by atoms with E-state index in [2.05, 4.69) is 19.2 Å². The fraction of sp³-hybridized carbons (Fsp3) is 0.500. The molecule has 2 N–H and O–H groups in total. The Balaban J connectivity index is 1.96. The third kappa shape index (κ3) is 3.97. The normalized spacial score (nSPS) is 18.6. The molecule has 2 amide bonds. The molecule has 1 aliphatic rings. The van der Waals surface area contributed by atoms with Crippen LogP contribution in [-0.2, 0) is 4.79 Å². The number of anilines is 1. The molecule has 1 aromatic carbocycles. The number of amides is 2. The predicted octanol–water partition coefficient (Wildman–Crippen LogP) is 3.14. The lowest BCUT2D eigenvalue weighted by Gasteiger charge is -2.30. The Morgan fingerprint density at radius 2 is 1.95 bits per heavy atom. The molecule has 0 radical (unpaired) electrons. The van der Waals surface area contributed by atoms with E-state index in [4.69, 9.17) is 5.11 Å². The quantitative estimate of drug-likeness (QED) is 0.898. The van der Waals surface area contributed by atoms with Crippen LogP contribution in [0.3, 0.4) is 0 Å². The van der Waals surface area contributed by atoms with Gasteiger partial charge in [-0.2, -0.15) is 0 Å². The first-order valence-corrected chi connectivity index (χ1v) is 7.36. The highest BCUT2D eigenvalue weighted by Gasteiger charge is 2.28. The van der Waals surface area contributed by atoms with Gasteiger partial charge in [0, 0.05) is 18.8 Å². The molecule has 2 rings (SSSR count). The first-order chi connectivity index (χ1) is 9.97. The molecule has 1 aromatic rings. The van der Waals surface area contributed by atoms with Gasteiger partial charge in [0.1, 0.15) is 0 Å². The molecule has 0 bridgehead atoms. The van der Waals surface area contributed by atoms with Crippen molar-refractivity contribution < 1.29 is 14.7 Å². The predicted molar refractivity (Wildman–Crippen MR) is 81.5 cm³/mol. The van der Waals surface area contributed by atoms with Crippen molar-refractivity contribution in [1.29, 1.82) is 0 Å². The van der Waals surface area contributed by atoms with Gasteiger partial charge >= 0.3 is 12.0 Å². The first kappa shape index (κ1) is 15.4. The average molecular weight is 290 g/mol. The average Bonchev–Trinajstić information content (AvgIpc) is 2.48. The molecule has 1 atom stereocenters. The van der Waals surface area contributed by atoms with Crippen molar-refractivity contribution in [2.75, 3.05) is 18.4 Å². The van der Waals surface area contributed by atoms with Crippen molar-refractivity contribution in [3.63, 3.8) is 0 Å². The minimum Gasteiger partial charge on any atom is -0.481 e. The molecule has 0 spiro atoms. The van der Waals surface area contributed by atoms with Gasteiger partial charge in [0.15, 0.2) is 0 Å². The van der Waals surface area contributed by atoms with Gasteiger partial charge in [0.2, 0.25) is 0 Å². The number of carbonyl (C=O) groups excluding carboxylic acids is 1. The van der Waals surface area contributed by atoms with Crippen molar-refractivity contribution in [2.24, 2.45) is 5.92 Å². The molecule has 0 saturated carbocycles. The number of nitrogens with one attached hydrogen (secondary N) is 1. The van der Waals surface area contributed by atoms with E-state index in [1.165, 1.54) is 5.56 Å². The summed E-state index contributed by atoms with van der Waals surface area (Å²) in [6.07, 6.45) is 1.37. The molecule has 0 aromatic heterocycles. The van der Waals surface area contributed by atoms with Crippen molar-refractivity contribution in [1.82, 2.24) is 4.90 Å². The van der Waals surface area contributed by atoms with Gasteiger partial charge in [-0.05, 0) is 36.5 Å². The van der Waals surface area contributed by atoms with E-state index in [-0.39, 0.29) is 12.6 Å². The minimum absolute atomic E-state index is 0.224. The molecular formula is C16H22N2O3. The van der Waals surface area contributed by atoms with Gasteiger partial charge < -0.3 is 15.3 Å². The molecule has 1 fully saturated rings. The zero-order valence-corrected chi connectivity index (χ0v) is 12.5. The SMILES string of the molecule is CC(C)c1ccc(NC(=O)N2CCC[C@@H](C(=O)O)C2)cc1. The van der Waals surface area contributed by atoms with Gasteiger partial charge in [-0.15, -0.1) is 0 Å². The zero-order valence-electron chi connectivity index (χ0n) is 12.5. The number of carboxylic acids is 1. The second-order valence-corrected chi connectivity index (χ2v) is 5.83. The number of aliphatic carboxylic acids is 1. The van der Waals surface area contributed by atoms with Crippen LogP contribution in [-0.4, -0.2) is 35.1 Å². The van der Waals surface area contributed by atoms with Crippen LogP contribution in [0.5, 0.6) is 0 Å². The molecule has 1 saturated heterocycles. The molecular weight excluding hydrogens is 268 g/mol. The topological polar surface area (TPSA) is 69.6 Å². The number of benzene rings is 1.